The first kappa shape index (κ1) is 23.0. The van der Waals surface area contributed by atoms with E-state index in [9.17, 15) is 19.1 Å². The number of aliphatic hydroxyl groups is 1. The number of benzene rings is 2. The van der Waals surface area contributed by atoms with Crippen LogP contribution in [-0.2, 0) is 16.1 Å². The van der Waals surface area contributed by atoms with E-state index in [1.165, 1.54) is 6.07 Å². The number of hydrogen-bond donors (Lipinski definition) is 1. The molecule has 0 radical (unpaired) electrons. The summed E-state index contributed by atoms with van der Waals surface area (Å²) in [6.45, 7) is 3.64. The number of halogens is 1. The molecule has 1 saturated heterocycles. The predicted molar refractivity (Wildman–Crippen MR) is 122 cm³/mol. The monoisotopic (exact) mass is 452 g/mol. The van der Waals surface area contributed by atoms with Gasteiger partial charge < -0.3 is 14.7 Å². The summed E-state index contributed by atoms with van der Waals surface area (Å²) in [6.07, 6.45) is 2.58. The van der Waals surface area contributed by atoms with Crippen LogP contribution < -0.4 is 4.74 Å². The lowest BCUT2D eigenvalue weighted by molar-refractivity contribution is -0.138. The van der Waals surface area contributed by atoms with Crippen LogP contribution in [0.15, 0.2) is 54.2 Å². The average molecular weight is 453 g/mol. The Hall–Kier alpha value is -3.19. The molecule has 1 atom stereocenters. The highest BCUT2D eigenvalue weighted by molar-refractivity contribution is 6.35. The van der Waals surface area contributed by atoms with Crippen LogP contribution >= 0.6 is 0 Å². The second kappa shape index (κ2) is 10.2. The lowest BCUT2D eigenvalue weighted by Gasteiger charge is -2.34. The number of piperidine rings is 1. The third-order valence-corrected chi connectivity index (χ3v) is 6.14. The summed E-state index contributed by atoms with van der Waals surface area (Å²) in [5, 5.41) is 9.67. The number of likely N-dealkylation sites (tertiary alicyclic amines) is 1. The molecule has 0 aromatic heterocycles. The minimum absolute atomic E-state index is 0.0314. The van der Waals surface area contributed by atoms with Gasteiger partial charge in [-0.15, -0.1) is 0 Å². The van der Waals surface area contributed by atoms with Crippen LogP contribution in [0, 0.1) is 11.7 Å². The quantitative estimate of drug-likeness (QED) is 0.620. The summed E-state index contributed by atoms with van der Waals surface area (Å²) < 4.78 is 19.9. The Kier molecular flexibility index (Phi) is 7.08. The molecule has 6 nitrogen and oxygen atoms in total. The number of imide groups is 1. The topological polar surface area (TPSA) is 70.1 Å². The Bertz CT molecular complexity index is 1050. The average Bonchev–Trinajstić information content (AvgIpc) is 3.09. The predicted octanol–water partition coefficient (Wildman–Crippen LogP) is 3.60. The SMILES string of the molecule is CCCOc1ccc(C2=C(N3CCCC(CO)C3)C(=O)N(Cc3ccccc3F)C2=O)cc1. The van der Waals surface area contributed by atoms with Crippen LogP contribution in [0.4, 0.5) is 4.39 Å². The lowest BCUT2D eigenvalue weighted by Crippen LogP contribution is -2.40. The van der Waals surface area contributed by atoms with Crippen LogP contribution in [0.3, 0.4) is 0 Å². The van der Waals surface area contributed by atoms with Crippen LogP contribution in [0.1, 0.15) is 37.3 Å². The summed E-state index contributed by atoms with van der Waals surface area (Å²) in [7, 11) is 0. The number of hydrogen-bond acceptors (Lipinski definition) is 5. The van der Waals surface area contributed by atoms with Gasteiger partial charge in [-0.3, -0.25) is 14.5 Å². The first-order chi connectivity index (χ1) is 16.0. The first-order valence-electron chi connectivity index (χ1n) is 11.5. The van der Waals surface area contributed by atoms with Crippen molar-refractivity contribution in [1.29, 1.82) is 0 Å². The third kappa shape index (κ3) is 4.78. The number of nitrogens with zero attached hydrogens (tertiary/aromatic N) is 2. The minimum Gasteiger partial charge on any atom is -0.494 e. The molecular formula is C26H29FN2O4. The van der Waals surface area contributed by atoms with Gasteiger partial charge in [0.05, 0.1) is 18.7 Å². The number of rotatable bonds is 8. The molecule has 2 amide bonds. The molecule has 0 saturated carbocycles. The Morgan fingerprint density at radius 1 is 1.09 bits per heavy atom. The zero-order valence-electron chi connectivity index (χ0n) is 18.8. The van der Waals surface area contributed by atoms with E-state index in [2.05, 4.69) is 0 Å². The van der Waals surface area contributed by atoms with E-state index in [1.54, 1.807) is 42.5 Å². The Labute approximate surface area is 193 Å². The fourth-order valence-corrected chi connectivity index (χ4v) is 4.41. The van der Waals surface area contributed by atoms with Crippen molar-refractivity contribution in [2.45, 2.75) is 32.7 Å². The zero-order chi connectivity index (χ0) is 23.4. The molecule has 0 spiro atoms. The molecule has 2 aliphatic rings. The fraction of sp³-hybridized carbons (Fsp3) is 0.385. The van der Waals surface area contributed by atoms with Crippen molar-refractivity contribution >= 4 is 17.4 Å². The molecule has 4 rings (SSSR count). The fourth-order valence-electron chi connectivity index (χ4n) is 4.41. The van der Waals surface area contributed by atoms with Gasteiger partial charge in [-0.25, -0.2) is 4.39 Å². The third-order valence-electron chi connectivity index (χ3n) is 6.14. The zero-order valence-corrected chi connectivity index (χ0v) is 18.8. The second-order valence-corrected chi connectivity index (χ2v) is 8.52. The molecule has 1 N–H and O–H groups in total. The van der Waals surface area contributed by atoms with Crippen molar-refractivity contribution in [1.82, 2.24) is 9.80 Å². The summed E-state index contributed by atoms with van der Waals surface area (Å²) in [5.41, 5.74) is 1.55. The number of carbonyl (C=O) groups excluding carboxylic acids is 2. The molecule has 0 bridgehead atoms. The summed E-state index contributed by atoms with van der Waals surface area (Å²) in [6, 6.07) is 13.3. The number of ether oxygens (including phenoxy) is 1. The molecular weight excluding hydrogens is 423 g/mol. The Morgan fingerprint density at radius 2 is 1.85 bits per heavy atom. The molecule has 1 unspecified atom stereocenters. The van der Waals surface area contributed by atoms with Crippen LogP contribution in [0.5, 0.6) is 5.75 Å². The number of carbonyl (C=O) groups is 2. The summed E-state index contributed by atoms with van der Waals surface area (Å²) in [4.78, 5) is 30.0. The molecule has 1 fully saturated rings. The maximum Gasteiger partial charge on any atom is 0.278 e. The van der Waals surface area contributed by atoms with E-state index in [1.807, 2.05) is 11.8 Å². The van der Waals surface area contributed by atoms with Gasteiger partial charge in [-0.05, 0) is 48.9 Å². The van der Waals surface area contributed by atoms with Crippen molar-refractivity contribution in [2.75, 3.05) is 26.3 Å². The van der Waals surface area contributed by atoms with E-state index in [4.69, 9.17) is 4.74 Å². The van der Waals surface area contributed by atoms with Crippen LogP contribution in [0.25, 0.3) is 5.57 Å². The highest BCUT2D eigenvalue weighted by Crippen LogP contribution is 2.35. The van der Waals surface area contributed by atoms with E-state index < -0.39 is 17.6 Å². The van der Waals surface area contributed by atoms with Crippen LogP contribution in [0.2, 0.25) is 0 Å². The molecule has 33 heavy (non-hydrogen) atoms. The molecule has 2 heterocycles. The van der Waals surface area contributed by atoms with E-state index >= 15 is 0 Å². The standard InChI is InChI=1S/C26H29FN2O4/c1-2-14-33-21-11-9-19(10-12-21)23-24(28-13-5-6-18(15-28)17-30)26(32)29(25(23)31)16-20-7-3-4-8-22(20)27/h3-4,7-12,18,30H,2,5-6,13-17H2,1H3. The molecule has 2 aromatic rings. The van der Waals surface area contributed by atoms with Crippen LogP contribution in [-0.4, -0.2) is 53.0 Å². The second-order valence-electron chi connectivity index (χ2n) is 8.52. The summed E-state index contributed by atoms with van der Waals surface area (Å²) in [5.74, 6) is -0.583. The number of amides is 2. The van der Waals surface area contributed by atoms with E-state index in [0.717, 1.165) is 24.2 Å². The smallest absolute Gasteiger partial charge is 0.278 e. The van der Waals surface area contributed by atoms with Gasteiger partial charge >= 0.3 is 0 Å². The molecule has 2 aliphatic heterocycles. The van der Waals surface area contributed by atoms with Gasteiger partial charge in [-0.2, -0.15) is 0 Å². The molecule has 0 aliphatic carbocycles. The van der Waals surface area contributed by atoms with Gasteiger partial charge in [0.15, 0.2) is 0 Å². The minimum atomic E-state index is -0.455. The van der Waals surface area contributed by atoms with Gasteiger partial charge in [0, 0.05) is 25.3 Å². The maximum atomic E-state index is 14.3. The van der Waals surface area contributed by atoms with Crippen molar-refractivity contribution in [3.05, 3.63) is 71.2 Å². The van der Waals surface area contributed by atoms with E-state index in [-0.39, 0.29) is 24.6 Å². The largest absolute Gasteiger partial charge is 0.494 e. The van der Waals surface area contributed by atoms with Gasteiger partial charge in [0.25, 0.3) is 11.8 Å². The van der Waals surface area contributed by atoms with Crippen molar-refractivity contribution in [3.8, 4) is 5.75 Å². The molecule has 7 heteroatoms. The van der Waals surface area contributed by atoms with Crippen molar-refractivity contribution in [3.63, 3.8) is 0 Å². The van der Waals surface area contributed by atoms with Crippen molar-refractivity contribution < 1.29 is 23.8 Å². The maximum absolute atomic E-state index is 14.3. The van der Waals surface area contributed by atoms with E-state index in [0.29, 0.717) is 42.3 Å². The first-order valence-corrected chi connectivity index (χ1v) is 11.5. The Morgan fingerprint density at radius 3 is 2.55 bits per heavy atom. The highest BCUT2D eigenvalue weighted by atomic mass is 19.1. The van der Waals surface area contributed by atoms with Gasteiger partial charge in [0.1, 0.15) is 17.3 Å². The van der Waals surface area contributed by atoms with Gasteiger partial charge in [-0.1, -0.05) is 37.3 Å². The normalized spacial score (nSPS) is 18.9. The van der Waals surface area contributed by atoms with Crippen molar-refractivity contribution in [2.24, 2.45) is 5.92 Å². The molecule has 2 aromatic carbocycles. The highest BCUT2D eigenvalue weighted by Gasteiger charge is 2.42. The Balaban J connectivity index is 1.70. The number of aliphatic hydroxyl groups excluding tert-OH is 1. The van der Waals surface area contributed by atoms with Gasteiger partial charge in [0.2, 0.25) is 0 Å². The summed E-state index contributed by atoms with van der Waals surface area (Å²) >= 11 is 0. The lowest BCUT2D eigenvalue weighted by atomic mass is 9.97. The molecule has 174 valence electrons.